The summed E-state index contributed by atoms with van der Waals surface area (Å²) < 4.78 is 10.6. The molecule has 2 aromatic rings. The Morgan fingerprint density at radius 2 is 1.62 bits per heavy atom. The lowest BCUT2D eigenvalue weighted by Crippen LogP contribution is -2.35. The minimum atomic E-state index is -0.962. The number of hydrogen-bond acceptors (Lipinski definition) is 5. The Labute approximate surface area is 152 Å². The van der Waals surface area contributed by atoms with Crippen LogP contribution in [0, 0.1) is 18.3 Å². The molecule has 0 saturated carbocycles. The molecule has 2 rings (SSSR count). The maximum absolute atomic E-state index is 12.1. The first-order valence-corrected chi connectivity index (χ1v) is 8.14. The zero-order chi connectivity index (χ0) is 19.1. The molecule has 6 heteroatoms. The van der Waals surface area contributed by atoms with Crippen LogP contribution >= 0.6 is 0 Å². The molecule has 0 radical (unpaired) electrons. The third-order valence-corrected chi connectivity index (χ3v) is 3.61. The van der Waals surface area contributed by atoms with E-state index in [1.165, 1.54) is 13.8 Å². The van der Waals surface area contributed by atoms with Gasteiger partial charge in [-0.05, 0) is 57.2 Å². The average molecular weight is 352 g/mol. The molecule has 26 heavy (non-hydrogen) atoms. The van der Waals surface area contributed by atoms with Gasteiger partial charge in [-0.25, -0.2) is 4.79 Å². The van der Waals surface area contributed by atoms with E-state index in [2.05, 4.69) is 5.32 Å². The predicted molar refractivity (Wildman–Crippen MR) is 96.6 cm³/mol. The molecule has 0 aliphatic rings. The third kappa shape index (κ3) is 5.35. The Morgan fingerprint density at radius 1 is 1.00 bits per heavy atom. The van der Waals surface area contributed by atoms with Crippen LogP contribution in [0.1, 0.15) is 25.0 Å². The molecule has 0 unspecified atom stereocenters. The van der Waals surface area contributed by atoms with Crippen molar-refractivity contribution >= 4 is 17.6 Å². The number of esters is 1. The minimum absolute atomic E-state index is 0.423. The van der Waals surface area contributed by atoms with E-state index in [1.807, 2.05) is 25.1 Å². The third-order valence-electron chi connectivity index (χ3n) is 3.61. The van der Waals surface area contributed by atoms with E-state index < -0.39 is 24.1 Å². The first kappa shape index (κ1) is 19.0. The van der Waals surface area contributed by atoms with Crippen molar-refractivity contribution in [1.82, 2.24) is 0 Å². The molecule has 1 amide bonds. The van der Waals surface area contributed by atoms with Gasteiger partial charge in [0.1, 0.15) is 5.75 Å². The Morgan fingerprint density at radius 3 is 2.19 bits per heavy atom. The molecular formula is C20H20N2O4. The molecular weight excluding hydrogens is 332 g/mol. The minimum Gasteiger partial charge on any atom is -0.479 e. The lowest BCUT2D eigenvalue weighted by atomic mass is 10.2. The summed E-state index contributed by atoms with van der Waals surface area (Å²) in [6.07, 6.45) is -1.85. The van der Waals surface area contributed by atoms with E-state index in [4.69, 9.17) is 14.7 Å². The largest absolute Gasteiger partial charge is 0.479 e. The number of ether oxygens (including phenoxy) is 2. The van der Waals surface area contributed by atoms with Gasteiger partial charge in [0.2, 0.25) is 0 Å². The zero-order valence-corrected chi connectivity index (χ0v) is 14.9. The lowest BCUT2D eigenvalue weighted by molar-refractivity contribution is -0.159. The summed E-state index contributed by atoms with van der Waals surface area (Å²) in [5.41, 5.74) is 2.20. The van der Waals surface area contributed by atoms with Crippen LogP contribution in [0.5, 0.6) is 5.75 Å². The van der Waals surface area contributed by atoms with Crippen LogP contribution in [-0.4, -0.2) is 24.1 Å². The van der Waals surface area contributed by atoms with E-state index in [-0.39, 0.29) is 0 Å². The quantitative estimate of drug-likeness (QED) is 0.807. The van der Waals surface area contributed by atoms with E-state index in [0.717, 1.165) is 5.56 Å². The van der Waals surface area contributed by atoms with Crippen molar-refractivity contribution in [2.24, 2.45) is 0 Å². The number of benzene rings is 2. The number of rotatable bonds is 6. The SMILES string of the molecule is Cc1ccc(NC(=O)[C@@H](C)OC(=O)[C@@H](C)Oc2ccc(C#N)cc2)cc1. The second kappa shape index (κ2) is 8.67. The van der Waals surface area contributed by atoms with Gasteiger partial charge in [0.25, 0.3) is 5.91 Å². The fraction of sp³-hybridized carbons (Fsp3) is 0.250. The van der Waals surface area contributed by atoms with Gasteiger partial charge in [-0.15, -0.1) is 0 Å². The normalized spacial score (nSPS) is 12.4. The van der Waals surface area contributed by atoms with Gasteiger partial charge in [-0.2, -0.15) is 5.26 Å². The van der Waals surface area contributed by atoms with E-state index in [1.54, 1.807) is 36.4 Å². The summed E-state index contributed by atoms with van der Waals surface area (Å²) in [6.45, 7) is 4.98. The number of aryl methyl sites for hydroxylation is 1. The van der Waals surface area contributed by atoms with Gasteiger partial charge in [-0.3, -0.25) is 4.79 Å². The molecule has 1 N–H and O–H groups in total. The van der Waals surface area contributed by atoms with Crippen LogP contribution in [0.2, 0.25) is 0 Å². The van der Waals surface area contributed by atoms with Crippen molar-refractivity contribution in [2.75, 3.05) is 5.32 Å². The summed E-state index contributed by atoms with van der Waals surface area (Å²) in [4.78, 5) is 24.2. The molecule has 134 valence electrons. The highest BCUT2D eigenvalue weighted by Gasteiger charge is 2.23. The number of hydrogen-bond donors (Lipinski definition) is 1. The lowest BCUT2D eigenvalue weighted by Gasteiger charge is -2.18. The molecule has 6 nitrogen and oxygen atoms in total. The monoisotopic (exact) mass is 352 g/mol. The summed E-state index contributed by atoms with van der Waals surface area (Å²) in [6, 6.07) is 15.7. The van der Waals surface area contributed by atoms with Gasteiger partial charge in [-0.1, -0.05) is 17.7 Å². The summed E-state index contributed by atoms with van der Waals surface area (Å²) in [7, 11) is 0. The second-order valence-corrected chi connectivity index (χ2v) is 5.83. The highest BCUT2D eigenvalue weighted by Crippen LogP contribution is 2.15. The van der Waals surface area contributed by atoms with Gasteiger partial charge in [0.05, 0.1) is 11.6 Å². The maximum atomic E-state index is 12.1. The molecule has 2 atom stereocenters. The van der Waals surface area contributed by atoms with Crippen molar-refractivity contribution in [2.45, 2.75) is 33.0 Å². The highest BCUT2D eigenvalue weighted by atomic mass is 16.6. The van der Waals surface area contributed by atoms with E-state index in [0.29, 0.717) is 17.0 Å². The number of carbonyl (C=O) groups excluding carboxylic acids is 2. The van der Waals surface area contributed by atoms with Gasteiger partial charge >= 0.3 is 5.97 Å². The Bertz CT molecular complexity index is 807. The standard InChI is InChI=1S/C20H20N2O4/c1-13-4-8-17(9-5-13)22-19(23)14(2)26-20(24)15(3)25-18-10-6-16(12-21)7-11-18/h4-11,14-15H,1-3H3,(H,22,23)/t14-,15-/m1/s1. The average Bonchev–Trinajstić information content (AvgIpc) is 2.64. The number of carbonyl (C=O) groups is 2. The first-order valence-electron chi connectivity index (χ1n) is 8.14. The van der Waals surface area contributed by atoms with Crippen LogP contribution in [-0.2, 0) is 14.3 Å². The van der Waals surface area contributed by atoms with Crippen molar-refractivity contribution in [3.8, 4) is 11.8 Å². The first-order chi connectivity index (χ1) is 12.4. The topological polar surface area (TPSA) is 88.4 Å². The molecule has 0 aromatic heterocycles. The van der Waals surface area contributed by atoms with Crippen molar-refractivity contribution in [3.63, 3.8) is 0 Å². The van der Waals surface area contributed by atoms with Gasteiger partial charge in [0.15, 0.2) is 12.2 Å². The molecule has 0 spiro atoms. The van der Waals surface area contributed by atoms with Crippen LogP contribution in [0.25, 0.3) is 0 Å². The zero-order valence-electron chi connectivity index (χ0n) is 14.9. The number of nitrogens with zero attached hydrogens (tertiary/aromatic N) is 1. The predicted octanol–water partition coefficient (Wildman–Crippen LogP) is 3.20. The molecule has 0 bridgehead atoms. The summed E-state index contributed by atoms with van der Waals surface area (Å²) >= 11 is 0. The smallest absolute Gasteiger partial charge is 0.347 e. The molecule has 2 aromatic carbocycles. The molecule has 0 fully saturated rings. The molecule has 0 aliphatic carbocycles. The van der Waals surface area contributed by atoms with E-state index in [9.17, 15) is 9.59 Å². The summed E-state index contributed by atoms with van der Waals surface area (Å²) in [5, 5.41) is 11.5. The number of nitrogens with one attached hydrogen (secondary N) is 1. The van der Waals surface area contributed by atoms with Crippen LogP contribution < -0.4 is 10.1 Å². The van der Waals surface area contributed by atoms with Crippen LogP contribution in [0.4, 0.5) is 5.69 Å². The van der Waals surface area contributed by atoms with Crippen molar-refractivity contribution in [3.05, 3.63) is 59.7 Å². The van der Waals surface area contributed by atoms with Crippen LogP contribution in [0.15, 0.2) is 48.5 Å². The Kier molecular flexibility index (Phi) is 6.34. The van der Waals surface area contributed by atoms with Gasteiger partial charge in [0, 0.05) is 5.69 Å². The fourth-order valence-electron chi connectivity index (χ4n) is 2.06. The molecule has 0 saturated heterocycles. The Balaban J connectivity index is 1.87. The second-order valence-electron chi connectivity index (χ2n) is 5.83. The van der Waals surface area contributed by atoms with Crippen LogP contribution in [0.3, 0.4) is 0 Å². The maximum Gasteiger partial charge on any atom is 0.347 e. The number of anilines is 1. The Hall–Kier alpha value is -3.33. The fourth-order valence-corrected chi connectivity index (χ4v) is 2.06. The van der Waals surface area contributed by atoms with E-state index >= 15 is 0 Å². The number of nitriles is 1. The molecule has 0 heterocycles. The summed E-state index contributed by atoms with van der Waals surface area (Å²) in [5.74, 6) is -0.640. The van der Waals surface area contributed by atoms with Crippen molar-refractivity contribution in [1.29, 1.82) is 5.26 Å². The van der Waals surface area contributed by atoms with Crippen molar-refractivity contribution < 1.29 is 19.1 Å². The van der Waals surface area contributed by atoms with Gasteiger partial charge < -0.3 is 14.8 Å². The molecule has 0 aliphatic heterocycles. The highest BCUT2D eigenvalue weighted by molar-refractivity contribution is 5.95. The number of amides is 1.